The van der Waals surface area contributed by atoms with Crippen LogP contribution in [0.2, 0.25) is 0 Å². The van der Waals surface area contributed by atoms with E-state index in [2.05, 4.69) is 6.07 Å². The van der Waals surface area contributed by atoms with Gasteiger partial charge in [0.05, 0.1) is 19.3 Å². The molecule has 4 nitrogen and oxygen atoms in total. The van der Waals surface area contributed by atoms with Crippen molar-refractivity contribution in [3.8, 4) is 6.07 Å². The highest BCUT2D eigenvalue weighted by Crippen LogP contribution is 2.46. The zero-order valence-corrected chi connectivity index (χ0v) is 11.3. The highest BCUT2D eigenvalue weighted by atomic mass is 16.7. The lowest BCUT2D eigenvalue weighted by Gasteiger charge is -2.38. The molecule has 0 bridgehead atoms. The summed E-state index contributed by atoms with van der Waals surface area (Å²) in [4.78, 5) is 12.7. The van der Waals surface area contributed by atoms with Gasteiger partial charge in [0.15, 0.2) is 11.6 Å². The predicted octanol–water partition coefficient (Wildman–Crippen LogP) is 2.70. The molecule has 3 rings (SSSR count). The molecule has 104 valence electrons. The molecule has 1 aliphatic carbocycles. The first-order chi connectivity index (χ1) is 9.70. The lowest BCUT2D eigenvalue weighted by atomic mass is 9.69. The Morgan fingerprint density at radius 2 is 1.65 bits per heavy atom. The Bertz CT molecular complexity index is 531. The van der Waals surface area contributed by atoms with Crippen LogP contribution in [0.1, 0.15) is 36.0 Å². The van der Waals surface area contributed by atoms with Gasteiger partial charge >= 0.3 is 0 Å². The van der Waals surface area contributed by atoms with Crippen molar-refractivity contribution in [1.82, 2.24) is 0 Å². The van der Waals surface area contributed by atoms with E-state index in [1.165, 1.54) is 0 Å². The lowest BCUT2D eigenvalue weighted by Crippen LogP contribution is -2.43. The Morgan fingerprint density at radius 1 is 1.05 bits per heavy atom. The molecular weight excluding hydrogens is 254 g/mol. The van der Waals surface area contributed by atoms with E-state index in [4.69, 9.17) is 9.47 Å². The fourth-order valence-corrected chi connectivity index (χ4v) is 3.10. The van der Waals surface area contributed by atoms with E-state index in [0.29, 0.717) is 44.5 Å². The molecule has 0 aromatic heterocycles. The summed E-state index contributed by atoms with van der Waals surface area (Å²) >= 11 is 0. The third-order valence-electron chi connectivity index (χ3n) is 4.36. The first-order valence-electron chi connectivity index (χ1n) is 6.99. The molecule has 1 spiro atoms. The number of hydrogen-bond donors (Lipinski definition) is 0. The molecule has 2 aliphatic rings. The van der Waals surface area contributed by atoms with Gasteiger partial charge in [-0.1, -0.05) is 30.3 Å². The van der Waals surface area contributed by atoms with Crippen molar-refractivity contribution in [2.24, 2.45) is 5.41 Å². The average Bonchev–Trinajstić information content (AvgIpc) is 2.97. The summed E-state index contributed by atoms with van der Waals surface area (Å²) in [5.41, 5.74) is -0.319. The Hall–Kier alpha value is -1.70. The van der Waals surface area contributed by atoms with Crippen LogP contribution in [0.25, 0.3) is 0 Å². The van der Waals surface area contributed by atoms with Crippen molar-refractivity contribution in [2.45, 2.75) is 31.5 Å². The van der Waals surface area contributed by atoms with Crippen molar-refractivity contribution >= 4 is 5.78 Å². The second-order valence-electron chi connectivity index (χ2n) is 5.50. The summed E-state index contributed by atoms with van der Waals surface area (Å²) in [6.45, 7) is 1.21. The number of ketones is 1. The van der Waals surface area contributed by atoms with Gasteiger partial charge in [-0.15, -0.1) is 0 Å². The maximum Gasteiger partial charge on any atom is 0.183 e. The van der Waals surface area contributed by atoms with Crippen LogP contribution in [0.15, 0.2) is 30.3 Å². The van der Waals surface area contributed by atoms with Gasteiger partial charge in [-0.25, -0.2) is 0 Å². The largest absolute Gasteiger partial charge is 0.348 e. The van der Waals surface area contributed by atoms with Crippen LogP contribution in [0.3, 0.4) is 0 Å². The van der Waals surface area contributed by atoms with Crippen LogP contribution in [-0.4, -0.2) is 24.8 Å². The number of carbonyl (C=O) groups is 1. The summed E-state index contributed by atoms with van der Waals surface area (Å²) < 4.78 is 11.3. The number of ether oxygens (including phenoxy) is 2. The van der Waals surface area contributed by atoms with Crippen LogP contribution in [-0.2, 0) is 9.47 Å². The first-order valence-corrected chi connectivity index (χ1v) is 6.99. The van der Waals surface area contributed by atoms with Crippen molar-refractivity contribution in [3.63, 3.8) is 0 Å². The SMILES string of the molecule is N#CC1(C(=O)c2ccccc2)CCC2(CC1)OCCO2. The van der Waals surface area contributed by atoms with Crippen LogP contribution in [0.5, 0.6) is 0 Å². The summed E-state index contributed by atoms with van der Waals surface area (Å²) in [6.07, 6.45) is 2.22. The van der Waals surface area contributed by atoms with E-state index in [-0.39, 0.29) is 5.78 Å². The first kappa shape index (κ1) is 13.3. The number of nitrogens with zero attached hydrogens (tertiary/aromatic N) is 1. The third kappa shape index (κ3) is 2.13. The predicted molar refractivity (Wildman–Crippen MR) is 71.9 cm³/mol. The third-order valence-corrected chi connectivity index (χ3v) is 4.36. The minimum absolute atomic E-state index is 0.0755. The number of carbonyl (C=O) groups excluding carboxylic acids is 1. The Kier molecular flexibility index (Phi) is 3.33. The van der Waals surface area contributed by atoms with Gasteiger partial charge in [0.1, 0.15) is 5.41 Å². The molecule has 1 saturated heterocycles. The highest BCUT2D eigenvalue weighted by Gasteiger charge is 2.50. The van der Waals surface area contributed by atoms with E-state index in [1.807, 2.05) is 18.2 Å². The van der Waals surface area contributed by atoms with Crippen LogP contribution in [0, 0.1) is 16.7 Å². The average molecular weight is 271 g/mol. The topological polar surface area (TPSA) is 59.3 Å². The van der Waals surface area contributed by atoms with Gasteiger partial charge in [-0.2, -0.15) is 5.26 Å². The normalized spacial score (nSPS) is 23.4. The summed E-state index contributed by atoms with van der Waals surface area (Å²) in [7, 11) is 0. The van der Waals surface area contributed by atoms with Crippen molar-refractivity contribution in [1.29, 1.82) is 5.26 Å². The minimum atomic E-state index is -0.929. The summed E-state index contributed by atoms with van der Waals surface area (Å²) in [6, 6.07) is 11.3. The zero-order valence-electron chi connectivity index (χ0n) is 11.3. The maximum absolute atomic E-state index is 12.7. The van der Waals surface area contributed by atoms with E-state index in [9.17, 15) is 10.1 Å². The Labute approximate surface area is 118 Å². The van der Waals surface area contributed by atoms with Gasteiger partial charge in [-0.3, -0.25) is 4.79 Å². The Morgan fingerprint density at radius 3 is 2.20 bits per heavy atom. The summed E-state index contributed by atoms with van der Waals surface area (Å²) in [5.74, 6) is -0.620. The quantitative estimate of drug-likeness (QED) is 0.776. The fourth-order valence-electron chi connectivity index (χ4n) is 3.10. The van der Waals surface area contributed by atoms with Gasteiger partial charge in [-0.05, 0) is 12.8 Å². The number of benzene rings is 1. The summed E-state index contributed by atoms with van der Waals surface area (Å²) in [5, 5.41) is 9.55. The standard InChI is InChI=1S/C16H17NO3/c17-12-15(14(18)13-4-2-1-3-5-13)6-8-16(9-7-15)19-10-11-20-16/h1-5H,6-11H2. The Balaban J connectivity index is 1.80. The molecule has 1 aliphatic heterocycles. The maximum atomic E-state index is 12.7. The molecule has 20 heavy (non-hydrogen) atoms. The molecule has 0 amide bonds. The molecule has 2 fully saturated rings. The fraction of sp³-hybridized carbons (Fsp3) is 0.500. The molecule has 0 unspecified atom stereocenters. The van der Waals surface area contributed by atoms with E-state index in [1.54, 1.807) is 12.1 Å². The lowest BCUT2D eigenvalue weighted by molar-refractivity contribution is -0.184. The number of hydrogen-bond acceptors (Lipinski definition) is 4. The van der Waals surface area contributed by atoms with E-state index in [0.717, 1.165) is 0 Å². The van der Waals surface area contributed by atoms with Crippen molar-refractivity contribution < 1.29 is 14.3 Å². The molecule has 0 radical (unpaired) electrons. The molecular formula is C16H17NO3. The zero-order chi connectivity index (χ0) is 14.1. The monoisotopic (exact) mass is 271 g/mol. The number of rotatable bonds is 2. The molecule has 1 heterocycles. The molecule has 0 N–H and O–H groups in total. The van der Waals surface area contributed by atoms with Gasteiger partial charge in [0.2, 0.25) is 0 Å². The second kappa shape index (κ2) is 5.01. The van der Waals surface area contributed by atoms with Crippen molar-refractivity contribution in [3.05, 3.63) is 35.9 Å². The molecule has 4 heteroatoms. The van der Waals surface area contributed by atoms with Crippen LogP contribution >= 0.6 is 0 Å². The second-order valence-corrected chi connectivity index (χ2v) is 5.50. The van der Waals surface area contributed by atoms with E-state index < -0.39 is 11.2 Å². The van der Waals surface area contributed by atoms with Crippen LogP contribution < -0.4 is 0 Å². The van der Waals surface area contributed by atoms with Crippen molar-refractivity contribution in [2.75, 3.05) is 13.2 Å². The number of Topliss-reactive ketones (excluding diaryl/α,β-unsaturated/α-hetero) is 1. The molecule has 1 aromatic rings. The molecule has 0 atom stereocenters. The van der Waals surface area contributed by atoms with Gasteiger partial charge in [0.25, 0.3) is 0 Å². The van der Waals surface area contributed by atoms with Crippen LogP contribution in [0.4, 0.5) is 0 Å². The minimum Gasteiger partial charge on any atom is -0.348 e. The van der Waals surface area contributed by atoms with Gasteiger partial charge in [0, 0.05) is 18.4 Å². The highest BCUT2D eigenvalue weighted by molar-refractivity contribution is 6.02. The smallest absolute Gasteiger partial charge is 0.183 e. The molecule has 1 saturated carbocycles. The molecule has 1 aromatic carbocycles. The van der Waals surface area contributed by atoms with Gasteiger partial charge < -0.3 is 9.47 Å². The number of nitriles is 1. The van der Waals surface area contributed by atoms with E-state index >= 15 is 0 Å².